The highest BCUT2D eigenvalue weighted by Gasteiger charge is 2.03. The molecule has 0 aromatic carbocycles. The van der Waals surface area contributed by atoms with Crippen molar-refractivity contribution in [3.8, 4) is 0 Å². The first-order valence-electron chi connectivity index (χ1n) is 27.9. The molecule has 3 nitrogen and oxygen atoms in total. The highest BCUT2D eigenvalue weighted by Crippen LogP contribution is 2.18. The van der Waals surface area contributed by atoms with Crippen LogP contribution in [0, 0.1) is 0 Å². The fraction of sp³-hybridized carbons (Fsp3) is 0.982. The van der Waals surface area contributed by atoms with Crippen molar-refractivity contribution in [2.24, 2.45) is 5.73 Å². The van der Waals surface area contributed by atoms with E-state index in [0.29, 0.717) is 12.5 Å². The Labute approximate surface area is 374 Å². The third kappa shape index (κ3) is 59.6. The zero-order valence-corrected chi connectivity index (χ0v) is 41.8. The van der Waals surface area contributed by atoms with Gasteiger partial charge in [-0.3, -0.25) is 4.79 Å². The van der Waals surface area contributed by atoms with Gasteiger partial charge in [0.05, 0.1) is 7.11 Å². The summed E-state index contributed by atoms with van der Waals surface area (Å²) in [6, 6.07) is 0.466. The number of hydrogen-bond donors (Lipinski definition) is 1. The molecule has 0 aromatic heterocycles. The Bertz CT molecular complexity index is 689. The van der Waals surface area contributed by atoms with E-state index >= 15 is 0 Å². The molecular formula is C56H115NO2. The number of carbonyl (C=O) groups is 1. The van der Waals surface area contributed by atoms with Crippen molar-refractivity contribution in [1.29, 1.82) is 0 Å². The van der Waals surface area contributed by atoms with Crippen molar-refractivity contribution in [1.82, 2.24) is 0 Å². The zero-order chi connectivity index (χ0) is 43.2. The van der Waals surface area contributed by atoms with Gasteiger partial charge in [0, 0.05) is 12.5 Å². The Kier molecular flexibility index (Phi) is 58.9. The summed E-state index contributed by atoms with van der Waals surface area (Å²) in [4.78, 5) is 10.9. The molecule has 0 atom stereocenters. The van der Waals surface area contributed by atoms with Crippen LogP contribution in [0.5, 0.6) is 0 Å². The highest BCUT2D eigenvalue weighted by molar-refractivity contribution is 5.68. The molecule has 0 unspecified atom stereocenters. The Morgan fingerprint density at radius 2 is 0.475 bits per heavy atom. The molecule has 3 heteroatoms. The van der Waals surface area contributed by atoms with Crippen LogP contribution >= 0.6 is 0 Å². The lowest BCUT2D eigenvalue weighted by Gasteiger charge is -2.11. The fourth-order valence-electron chi connectivity index (χ4n) is 8.80. The van der Waals surface area contributed by atoms with Gasteiger partial charge < -0.3 is 10.5 Å². The Morgan fingerprint density at radius 1 is 0.305 bits per heavy atom. The Morgan fingerprint density at radius 3 is 0.661 bits per heavy atom. The molecule has 0 spiro atoms. The molecule has 0 amide bonds. The van der Waals surface area contributed by atoms with Crippen molar-refractivity contribution in [2.75, 3.05) is 7.11 Å². The Hall–Kier alpha value is -0.570. The number of nitrogens with two attached hydrogens (primary N) is 1. The van der Waals surface area contributed by atoms with Crippen molar-refractivity contribution in [2.45, 2.75) is 348 Å². The van der Waals surface area contributed by atoms with E-state index in [4.69, 9.17) is 5.73 Å². The number of carbonyl (C=O) groups excluding carboxylic acids is 1. The van der Waals surface area contributed by atoms with Crippen molar-refractivity contribution in [3.05, 3.63) is 0 Å². The van der Waals surface area contributed by atoms with Crippen molar-refractivity contribution >= 4 is 5.97 Å². The van der Waals surface area contributed by atoms with E-state index in [1.807, 2.05) is 0 Å². The van der Waals surface area contributed by atoms with Crippen LogP contribution in [0.3, 0.4) is 0 Å². The van der Waals surface area contributed by atoms with Crippen LogP contribution in [0.4, 0.5) is 0 Å². The smallest absolute Gasteiger partial charge is 0.305 e. The molecule has 2 N–H and O–H groups in total. The standard InChI is InChI=1S/C37H77N.C19H38O2/c1-3-5-7-9-11-13-15-17-19-21-23-25-27-29-31-33-35-37(38)36-34-32-30-28-26-24-22-20-18-16-14-12-10-8-6-4-2;1-3-4-5-6-7-8-9-10-11-12-13-14-15-16-17-18-19(20)21-2/h37H,3-36,38H2,1-2H3;3-18H2,1-2H3. The lowest BCUT2D eigenvalue weighted by molar-refractivity contribution is -0.140. The molecule has 0 aromatic rings. The van der Waals surface area contributed by atoms with Crippen molar-refractivity contribution in [3.63, 3.8) is 0 Å². The van der Waals surface area contributed by atoms with Crippen molar-refractivity contribution < 1.29 is 9.53 Å². The molecule has 0 aliphatic rings. The van der Waals surface area contributed by atoms with Crippen LogP contribution in [0.2, 0.25) is 0 Å². The van der Waals surface area contributed by atoms with Crippen LogP contribution in [0.25, 0.3) is 0 Å². The minimum Gasteiger partial charge on any atom is -0.469 e. The van der Waals surface area contributed by atoms with Gasteiger partial charge in [0.25, 0.3) is 0 Å². The van der Waals surface area contributed by atoms with Gasteiger partial charge in [-0.1, -0.05) is 316 Å². The van der Waals surface area contributed by atoms with E-state index in [1.54, 1.807) is 0 Å². The summed E-state index contributed by atoms with van der Waals surface area (Å²) in [6.07, 6.45) is 69.8. The minimum atomic E-state index is -0.0651. The first-order valence-corrected chi connectivity index (χ1v) is 27.9. The predicted octanol–water partition coefficient (Wildman–Crippen LogP) is 20.0. The maximum atomic E-state index is 10.9. The average molecular weight is 835 g/mol. The van der Waals surface area contributed by atoms with E-state index in [-0.39, 0.29) is 5.97 Å². The Balaban J connectivity index is 0. The number of ether oxygens (including phenoxy) is 1. The van der Waals surface area contributed by atoms with E-state index in [2.05, 4.69) is 25.5 Å². The van der Waals surface area contributed by atoms with Crippen LogP contribution in [0.15, 0.2) is 0 Å². The molecule has 0 rings (SSSR count). The van der Waals surface area contributed by atoms with Gasteiger partial charge >= 0.3 is 5.97 Å². The number of hydrogen-bond acceptors (Lipinski definition) is 3. The largest absolute Gasteiger partial charge is 0.469 e. The van der Waals surface area contributed by atoms with Crippen LogP contribution in [0.1, 0.15) is 342 Å². The minimum absolute atomic E-state index is 0.0651. The first kappa shape index (κ1) is 60.5. The molecule has 356 valence electrons. The van der Waals surface area contributed by atoms with Gasteiger partial charge in [-0.2, -0.15) is 0 Å². The number of esters is 1. The molecule has 0 aliphatic heterocycles. The number of unbranched alkanes of at least 4 members (excludes halogenated alkanes) is 44. The summed E-state index contributed by atoms with van der Waals surface area (Å²) in [5, 5.41) is 0. The summed E-state index contributed by atoms with van der Waals surface area (Å²) in [6.45, 7) is 6.89. The second-order valence-electron chi connectivity index (χ2n) is 19.2. The molecule has 0 heterocycles. The molecule has 0 aliphatic carbocycles. The predicted molar refractivity (Wildman–Crippen MR) is 268 cm³/mol. The van der Waals surface area contributed by atoms with Gasteiger partial charge in [0.1, 0.15) is 0 Å². The summed E-state index contributed by atoms with van der Waals surface area (Å²) >= 11 is 0. The molecule has 59 heavy (non-hydrogen) atoms. The lowest BCUT2D eigenvalue weighted by atomic mass is 10.00. The SMILES string of the molecule is CCCCCCCCCCCCCCCCCC(=O)OC.CCCCCCCCCCCCCCCCCCC(N)CCCCCCCCCCCCCCCCCC. The van der Waals surface area contributed by atoms with E-state index < -0.39 is 0 Å². The molecule has 0 fully saturated rings. The quantitative estimate of drug-likeness (QED) is 0.0491. The number of rotatable bonds is 50. The van der Waals surface area contributed by atoms with E-state index in [9.17, 15) is 4.79 Å². The van der Waals surface area contributed by atoms with Crippen LogP contribution in [-0.4, -0.2) is 19.1 Å². The highest BCUT2D eigenvalue weighted by atomic mass is 16.5. The van der Waals surface area contributed by atoms with E-state index in [1.165, 1.54) is 315 Å². The van der Waals surface area contributed by atoms with Gasteiger partial charge in [0.2, 0.25) is 0 Å². The van der Waals surface area contributed by atoms with Gasteiger partial charge in [-0.25, -0.2) is 0 Å². The summed E-state index contributed by atoms with van der Waals surface area (Å²) in [5.74, 6) is -0.0651. The first-order chi connectivity index (χ1) is 29.1. The molecule has 0 saturated carbocycles. The molecular weight excluding hydrogens is 719 g/mol. The lowest BCUT2D eigenvalue weighted by Crippen LogP contribution is -2.19. The normalized spacial score (nSPS) is 11.4. The summed E-state index contributed by atoms with van der Waals surface area (Å²) in [5.41, 5.74) is 6.39. The molecule has 0 bridgehead atoms. The summed E-state index contributed by atoms with van der Waals surface area (Å²) in [7, 11) is 1.47. The zero-order valence-electron chi connectivity index (χ0n) is 41.8. The number of methoxy groups -OCH3 is 1. The van der Waals surface area contributed by atoms with Crippen LogP contribution < -0.4 is 5.73 Å². The third-order valence-electron chi connectivity index (χ3n) is 13.1. The average Bonchev–Trinajstić information content (AvgIpc) is 3.24. The van der Waals surface area contributed by atoms with Crippen LogP contribution in [-0.2, 0) is 9.53 Å². The monoisotopic (exact) mass is 834 g/mol. The maximum Gasteiger partial charge on any atom is 0.305 e. The van der Waals surface area contributed by atoms with Gasteiger partial charge in [-0.05, 0) is 19.3 Å². The topological polar surface area (TPSA) is 52.3 Å². The van der Waals surface area contributed by atoms with Gasteiger partial charge in [0.15, 0.2) is 0 Å². The van der Waals surface area contributed by atoms with Gasteiger partial charge in [-0.15, -0.1) is 0 Å². The molecule has 0 radical (unpaired) electrons. The second kappa shape index (κ2) is 57.4. The molecule has 0 saturated heterocycles. The second-order valence-corrected chi connectivity index (χ2v) is 19.2. The van der Waals surface area contributed by atoms with E-state index in [0.717, 1.165) is 6.42 Å². The summed E-state index contributed by atoms with van der Waals surface area (Å²) < 4.78 is 4.63. The third-order valence-corrected chi connectivity index (χ3v) is 13.1. The fourth-order valence-corrected chi connectivity index (χ4v) is 8.80. The maximum absolute atomic E-state index is 10.9.